The molecule has 0 spiro atoms. The molecular formula is C11H22N2O2. The Labute approximate surface area is 91.8 Å². The number of nitrogens with one attached hydrogen (secondary N) is 2. The van der Waals surface area contributed by atoms with E-state index in [1.165, 1.54) is 12.8 Å². The van der Waals surface area contributed by atoms with Gasteiger partial charge in [-0.1, -0.05) is 12.8 Å². The van der Waals surface area contributed by atoms with Gasteiger partial charge in [0.2, 0.25) is 5.91 Å². The molecule has 15 heavy (non-hydrogen) atoms. The summed E-state index contributed by atoms with van der Waals surface area (Å²) in [5, 5.41) is 6.21. The predicted octanol–water partition coefficient (Wildman–Crippen LogP) is 0.671. The molecule has 1 atom stereocenters. The molecule has 1 aliphatic heterocycles. The van der Waals surface area contributed by atoms with Gasteiger partial charge in [-0.15, -0.1) is 0 Å². The SMILES string of the molecule is COCCCNC(=O)[C@@H]1CCCCCN1. The molecule has 0 aromatic rings. The van der Waals surface area contributed by atoms with Gasteiger partial charge in [-0.05, 0) is 25.8 Å². The maximum atomic E-state index is 11.7. The smallest absolute Gasteiger partial charge is 0.237 e. The lowest BCUT2D eigenvalue weighted by Gasteiger charge is -2.15. The van der Waals surface area contributed by atoms with Gasteiger partial charge in [0.25, 0.3) is 0 Å². The summed E-state index contributed by atoms with van der Waals surface area (Å²) in [6.07, 6.45) is 5.43. The molecule has 1 amide bonds. The van der Waals surface area contributed by atoms with Crippen LogP contribution in [0.1, 0.15) is 32.1 Å². The van der Waals surface area contributed by atoms with Crippen molar-refractivity contribution >= 4 is 5.91 Å². The highest BCUT2D eigenvalue weighted by Crippen LogP contribution is 2.08. The second-order valence-electron chi connectivity index (χ2n) is 3.99. The van der Waals surface area contributed by atoms with Crippen LogP contribution in [0.15, 0.2) is 0 Å². The fourth-order valence-corrected chi connectivity index (χ4v) is 1.80. The van der Waals surface area contributed by atoms with Gasteiger partial charge in [-0.3, -0.25) is 4.79 Å². The van der Waals surface area contributed by atoms with E-state index in [4.69, 9.17) is 4.74 Å². The molecule has 0 aromatic carbocycles. The van der Waals surface area contributed by atoms with Crippen molar-refractivity contribution < 1.29 is 9.53 Å². The number of hydrogen-bond donors (Lipinski definition) is 2. The number of rotatable bonds is 5. The average Bonchev–Trinajstić information content (AvgIpc) is 2.52. The summed E-state index contributed by atoms with van der Waals surface area (Å²) in [5.41, 5.74) is 0. The summed E-state index contributed by atoms with van der Waals surface area (Å²) in [4.78, 5) is 11.7. The molecule has 0 saturated carbocycles. The van der Waals surface area contributed by atoms with Crippen LogP contribution >= 0.6 is 0 Å². The van der Waals surface area contributed by atoms with E-state index < -0.39 is 0 Å². The Hall–Kier alpha value is -0.610. The molecule has 4 heteroatoms. The standard InChI is InChI=1S/C11H22N2O2/c1-15-9-5-8-13-11(14)10-6-3-2-4-7-12-10/h10,12H,2-9H2,1H3,(H,13,14)/t10-/m0/s1. The van der Waals surface area contributed by atoms with Crippen molar-refractivity contribution in [2.75, 3.05) is 26.8 Å². The zero-order chi connectivity index (χ0) is 10.9. The van der Waals surface area contributed by atoms with Crippen LogP contribution in [0.2, 0.25) is 0 Å². The number of hydrogen-bond acceptors (Lipinski definition) is 3. The highest BCUT2D eigenvalue weighted by Gasteiger charge is 2.18. The number of carbonyl (C=O) groups excluding carboxylic acids is 1. The minimum atomic E-state index is 0.0232. The molecule has 1 fully saturated rings. The zero-order valence-corrected chi connectivity index (χ0v) is 9.55. The van der Waals surface area contributed by atoms with E-state index in [2.05, 4.69) is 10.6 Å². The molecule has 1 aliphatic rings. The second-order valence-corrected chi connectivity index (χ2v) is 3.99. The first-order valence-corrected chi connectivity index (χ1v) is 5.84. The van der Waals surface area contributed by atoms with E-state index in [9.17, 15) is 4.79 Å². The van der Waals surface area contributed by atoms with Gasteiger partial charge in [0.05, 0.1) is 6.04 Å². The van der Waals surface area contributed by atoms with Crippen molar-refractivity contribution in [1.82, 2.24) is 10.6 Å². The first kappa shape index (κ1) is 12.5. The minimum Gasteiger partial charge on any atom is -0.385 e. The zero-order valence-electron chi connectivity index (χ0n) is 9.55. The average molecular weight is 214 g/mol. The summed E-state index contributed by atoms with van der Waals surface area (Å²) < 4.78 is 4.92. The molecule has 0 aliphatic carbocycles. The molecule has 2 N–H and O–H groups in total. The first-order chi connectivity index (χ1) is 7.34. The maximum Gasteiger partial charge on any atom is 0.237 e. The monoisotopic (exact) mass is 214 g/mol. The van der Waals surface area contributed by atoms with Crippen LogP contribution in [0, 0.1) is 0 Å². The van der Waals surface area contributed by atoms with Crippen molar-refractivity contribution in [2.24, 2.45) is 0 Å². The van der Waals surface area contributed by atoms with E-state index in [1.807, 2.05) is 0 Å². The molecule has 4 nitrogen and oxygen atoms in total. The summed E-state index contributed by atoms with van der Waals surface area (Å²) in [7, 11) is 1.68. The van der Waals surface area contributed by atoms with Gasteiger partial charge in [-0.25, -0.2) is 0 Å². The quantitative estimate of drug-likeness (QED) is 0.661. The molecule has 0 aromatic heterocycles. The van der Waals surface area contributed by atoms with Gasteiger partial charge >= 0.3 is 0 Å². The number of ether oxygens (including phenoxy) is 1. The largest absolute Gasteiger partial charge is 0.385 e. The third-order valence-electron chi connectivity index (χ3n) is 2.70. The molecule has 1 saturated heterocycles. The van der Waals surface area contributed by atoms with E-state index in [1.54, 1.807) is 7.11 Å². The van der Waals surface area contributed by atoms with Gasteiger partial charge in [-0.2, -0.15) is 0 Å². The fraction of sp³-hybridized carbons (Fsp3) is 0.909. The number of methoxy groups -OCH3 is 1. The normalized spacial score (nSPS) is 22.1. The van der Waals surface area contributed by atoms with Crippen molar-refractivity contribution in [3.05, 3.63) is 0 Å². The topological polar surface area (TPSA) is 50.4 Å². The number of carbonyl (C=O) groups is 1. The highest BCUT2D eigenvalue weighted by atomic mass is 16.5. The summed E-state index contributed by atoms with van der Waals surface area (Å²) in [6.45, 7) is 2.39. The van der Waals surface area contributed by atoms with E-state index in [-0.39, 0.29) is 11.9 Å². The fourth-order valence-electron chi connectivity index (χ4n) is 1.80. The highest BCUT2D eigenvalue weighted by molar-refractivity contribution is 5.81. The van der Waals surface area contributed by atoms with Crippen LogP contribution in [0.25, 0.3) is 0 Å². The summed E-state index contributed by atoms with van der Waals surface area (Å²) >= 11 is 0. The molecular weight excluding hydrogens is 192 g/mol. The predicted molar refractivity (Wildman–Crippen MR) is 59.8 cm³/mol. The van der Waals surface area contributed by atoms with Gasteiger partial charge < -0.3 is 15.4 Å². The van der Waals surface area contributed by atoms with Crippen LogP contribution in [0.5, 0.6) is 0 Å². The lowest BCUT2D eigenvalue weighted by molar-refractivity contribution is -0.123. The Morgan fingerprint density at radius 1 is 1.47 bits per heavy atom. The van der Waals surface area contributed by atoms with Crippen LogP contribution in [-0.4, -0.2) is 38.8 Å². The molecule has 0 bridgehead atoms. The molecule has 88 valence electrons. The minimum absolute atomic E-state index is 0.0232. The van der Waals surface area contributed by atoms with Crippen molar-refractivity contribution in [3.8, 4) is 0 Å². The lowest BCUT2D eigenvalue weighted by atomic mass is 10.1. The lowest BCUT2D eigenvalue weighted by Crippen LogP contribution is -2.44. The van der Waals surface area contributed by atoms with E-state index >= 15 is 0 Å². The Balaban J connectivity index is 2.14. The van der Waals surface area contributed by atoms with Crippen molar-refractivity contribution in [2.45, 2.75) is 38.1 Å². The van der Waals surface area contributed by atoms with Gasteiger partial charge in [0.1, 0.15) is 0 Å². The van der Waals surface area contributed by atoms with Gasteiger partial charge in [0.15, 0.2) is 0 Å². The van der Waals surface area contributed by atoms with Gasteiger partial charge in [0, 0.05) is 20.3 Å². The van der Waals surface area contributed by atoms with Crippen LogP contribution in [0.4, 0.5) is 0 Å². The molecule has 0 radical (unpaired) electrons. The molecule has 1 rings (SSSR count). The second kappa shape index (κ2) is 7.65. The van der Waals surface area contributed by atoms with Crippen molar-refractivity contribution in [3.63, 3.8) is 0 Å². The van der Waals surface area contributed by atoms with Crippen molar-refractivity contribution in [1.29, 1.82) is 0 Å². The Morgan fingerprint density at radius 2 is 2.33 bits per heavy atom. The van der Waals surface area contributed by atoms with Crippen LogP contribution in [-0.2, 0) is 9.53 Å². The summed E-state index contributed by atoms with van der Waals surface area (Å²) in [5.74, 6) is 0.146. The third kappa shape index (κ3) is 5.14. The maximum absolute atomic E-state index is 11.7. The Morgan fingerprint density at radius 3 is 3.13 bits per heavy atom. The third-order valence-corrected chi connectivity index (χ3v) is 2.70. The Kier molecular flexibility index (Phi) is 6.36. The van der Waals surface area contributed by atoms with E-state index in [0.29, 0.717) is 13.2 Å². The molecule has 0 unspecified atom stereocenters. The summed E-state index contributed by atoms with van der Waals surface area (Å²) in [6, 6.07) is 0.0232. The van der Waals surface area contributed by atoms with Crippen LogP contribution in [0.3, 0.4) is 0 Å². The Bertz CT molecular complexity index is 177. The molecule has 1 heterocycles. The van der Waals surface area contributed by atoms with E-state index in [0.717, 1.165) is 25.8 Å². The van der Waals surface area contributed by atoms with Crippen LogP contribution < -0.4 is 10.6 Å². The first-order valence-electron chi connectivity index (χ1n) is 5.84. The number of amides is 1.